The molecule has 3 nitrogen and oxygen atoms in total. The number of anilines is 1. The summed E-state index contributed by atoms with van der Waals surface area (Å²) in [6, 6.07) is 6.53. The standard InChI is InChI=1S/C16H27ClN2O/c1-12(2)13(3)19(4)16-14(7-6-8-15(16)17)11-18-9-10-20-5/h6-8,12-13,18H,9-11H2,1-5H3. The maximum atomic E-state index is 6.42. The number of nitrogens with zero attached hydrogens (tertiary/aromatic N) is 1. The fourth-order valence-corrected chi connectivity index (χ4v) is 2.47. The third-order valence-electron chi connectivity index (χ3n) is 3.80. The van der Waals surface area contributed by atoms with Crippen molar-refractivity contribution in [3.8, 4) is 0 Å². The van der Waals surface area contributed by atoms with E-state index >= 15 is 0 Å². The van der Waals surface area contributed by atoms with Gasteiger partial charge in [-0.15, -0.1) is 0 Å². The van der Waals surface area contributed by atoms with Gasteiger partial charge in [0.05, 0.1) is 17.3 Å². The van der Waals surface area contributed by atoms with Gasteiger partial charge in [-0.25, -0.2) is 0 Å². The first-order valence-electron chi connectivity index (χ1n) is 7.18. The molecule has 0 saturated heterocycles. The Labute approximate surface area is 128 Å². The van der Waals surface area contributed by atoms with Crippen LogP contribution >= 0.6 is 11.6 Å². The maximum Gasteiger partial charge on any atom is 0.0642 e. The van der Waals surface area contributed by atoms with E-state index < -0.39 is 0 Å². The Morgan fingerprint density at radius 1 is 1.30 bits per heavy atom. The van der Waals surface area contributed by atoms with Crippen molar-refractivity contribution >= 4 is 17.3 Å². The second-order valence-corrected chi connectivity index (χ2v) is 5.92. The molecule has 1 aromatic rings. The highest BCUT2D eigenvalue weighted by Crippen LogP contribution is 2.31. The Morgan fingerprint density at radius 3 is 2.60 bits per heavy atom. The van der Waals surface area contributed by atoms with Gasteiger partial charge in [0.25, 0.3) is 0 Å². The van der Waals surface area contributed by atoms with Crippen LogP contribution in [0.25, 0.3) is 0 Å². The molecule has 1 atom stereocenters. The summed E-state index contributed by atoms with van der Waals surface area (Å²) in [5.41, 5.74) is 2.35. The van der Waals surface area contributed by atoms with Crippen molar-refractivity contribution in [2.75, 3.05) is 32.2 Å². The van der Waals surface area contributed by atoms with E-state index in [1.54, 1.807) is 7.11 Å². The van der Waals surface area contributed by atoms with Crippen molar-refractivity contribution < 1.29 is 4.74 Å². The van der Waals surface area contributed by atoms with Crippen LogP contribution in [0.1, 0.15) is 26.3 Å². The summed E-state index contributed by atoms with van der Waals surface area (Å²) in [6.45, 7) is 9.05. The number of hydrogen-bond acceptors (Lipinski definition) is 3. The van der Waals surface area contributed by atoms with Crippen molar-refractivity contribution in [2.24, 2.45) is 5.92 Å². The Morgan fingerprint density at radius 2 is 2.00 bits per heavy atom. The molecular weight excluding hydrogens is 272 g/mol. The van der Waals surface area contributed by atoms with Gasteiger partial charge in [-0.05, 0) is 24.5 Å². The van der Waals surface area contributed by atoms with Gasteiger partial charge in [0.15, 0.2) is 0 Å². The molecular formula is C16H27ClN2O. The van der Waals surface area contributed by atoms with Crippen LogP contribution in [0.2, 0.25) is 5.02 Å². The molecule has 4 heteroatoms. The van der Waals surface area contributed by atoms with Crippen LogP contribution in [0.3, 0.4) is 0 Å². The Hall–Kier alpha value is -0.770. The molecule has 1 N–H and O–H groups in total. The van der Waals surface area contributed by atoms with E-state index in [-0.39, 0.29) is 0 Å². The number of para-hydroxylation sites is 1. The van der Waals surface area contributed by atoms with Crippen LogP contribution in [0, 0.1) is 5.92 Å². The molecule has 0 aliphatic heterocycles. The predicted molar refractivity (Wildman–Crippen MR) is 87.7 cm³/mol. The van der Waals surface area contributed by atoms with Gasteiger partial charge in [-0.2, -0.15) is 0 Å². The number of benzene rings is 1. The zero-order valence-electron chi connectivity index (χ0n) is 13.2. The Kier molecular flexibility index (Phi) is 7.35. The lowest BCUT2D eigenvalue weighted by molar-refractivity contribution is 0.199. The van der Waals surface area contributed by atoms with E-state index in [9.17, 15) is 0 Å². The SMILES string of the molecule is COCCNCc1cccc(Cl)c1N(C)C(C)C(C)C. The van der Waals surface area contributed by atoms with Gasteiger partial charge in [0.1, 0.15) is 0 Å². The monoisotopic (exact) mass is 298 g/mol. The molecule has 114 valence electrons. The summed E-state index contributed by atoms with van der Waals surface area (Å²) >= 11 is 6.42. The van der Waals surface area contributed by atoms with Crippen LogP contribution < -0.4 is 10.2 Å². The van der Waals surface area contributed by atoms with Crippen LogP contribution in [0.15, 0.2) is 18.2 Å². The highest BCUT2D eigenvalue weighted by atomic mass is 35.5. The summed E-state index contributed by atoms with van der Waals surface area (Å²) in [5, 5.41) is 4.19. The van der Waals surface area contributed by atoms with Crippen LogP contribution in [-0.2, 0) is 11.3 Å². The lowest BCUT2D eigenvalue weighted by Crippen LogP contribution is -2.34. The van der Waals surface area contributed by atoms with Crippen LogP contribution in [0.5, 0.6) is 0 Å². The minimum Gasteiger partial charge on any atom is -0.383 e. The molecule has 0 bridgehead atoms. The van der Waals surface area contributed by atoms with Crippen LogP contribution in [0.4, 0.5) is 5.69 Å². The summed E-state index contributed by atoms with van der Waals surface area (Å²) in [6.07, 6.45) is 0. The molecule has 1 unspecified atom stereocenters. The minimum absolute atomic E-state index is 0.438. The third-order valence-corrected chi connectivity index (χ3v) is 4.10. The van der Waals surface area contributed by atoms with Crippen molar-refractivity contribution in [1.82, 2.24) is 5.32 Å². The number of rotatable bonds is 8. The Balaban J connectivity index is 2.87. The second-order valence-electron chi connectivity index (χ2n) is 5.51. The molecule has 0 aromatic heterocycles. The van der Waals surface area contributed by atoms with Gasteiger partial charge < -0.3 is 15.0 Å². The molecule has 0 aliphatic rings. The smallest absolute Gasteiger partial charge is 0.0642 e. The molecule has 0 spiro atoms. The van der Waals surface area contributed by atoms with E-state index in [2.05, 4.69) is 44.1 Å². The third kappa shape index (κ3) is 4.65. The largest absolute Gasteiger partial charge is 0.383 e. The number of hydrogen-bond donors (Lipinski definition) is 1. The Bertz CT molecular complexity index is 409. The van der Waals surface area contributed by atoms with Gasteiger partial charge in [0, 0.05) is 33.3 Å². The fourth-order valence-electron chi connectivity index (χ4n) is 2.15. The maximum absolute atomic E-state index is 6.42. The molecule has 0 amide bonds. The first kappa shape index (κ1) is 17.3. The van der Waals surface area contributed by atoms with Gasteiger partial charge in [-0.3, -0.25) is 0 Å². The molecule has 0 fully saturated rings. The summed E-state index contributed by atoms with van der Waals surface area (Å²) in [4.78, 5) is 2.28. The van der Waals surface area contributed by atoms with E-state index in [0.717, 1.165) is 23.8 Å². The molecule has 20 heavy (non-hydrogen) atoms. The molecule has 1 rings (SSSR count). The number of ether oxygens (including phenoxy) is 1. The average molecular weight is 299 g/mol. The first-order chi connectivity index (χ1) is 9.49. The summed E-state index contributed by atoms with van der Waals surface area (Å²) in [5.74, 6) is 0.575. The highest BCUT2D eigenvalue weighted by Gasteiger charge is 2.18. The first-order valence-corrected chi connectivity index (χ1v) is 7.56. The highest BCUT2D eigenvalue weighted by molar-refractivity contribution is 6.33. The average Bonchev–Trinajstić information content (AvgIpc) is 2.42. The second kappa shape index (κ2) is 8.50. The zero-order valence-corrected chi connectivity index (χ0v) is 14.0. The quantitative estimate of drug-likeness (QED) is 0.743. The van der Waals surface area contributed by atoms with Crippen molar-refractivity contribution in [3.63, 3.8) is 0 Å². The predicted octanol–water partition coefficient (Wildman–Crippen LogP) is 3.56. The lowest BCUT2D eigenvalue weighted by Gasteiger charge is -2.32. The van der Waals surface area contributed by atoms with E-state index in [1.165, 1.54) is 5.56 Å². The van der Waals surface area contributed by atoms with E-state index in [0.29, 0.717) is 18.6 Å². The van der Waals surface area contributed by atoms with Crippen molar-refractivity contribution in [2.45, 2.75) is 33.4 Å². The lowest BCUT2D eigenvalue weighted by atomic mass is 10.0. The van der Waals surface area contributed by atoms with Crippen LogP contribution in [-0.4, -0.2) is 33.4 Å². The van der Waals surface area contributed by atoms with E-state index in [4.69, 9.17) is 16.3 Å². The number of nitrogens with one attached hydrogen (secondary N) is 1. The van der Waals surface area contributed by atoms with Crippen molar-refractivity contribution in [1.29, 1.82) is 0 Å². The van der Waals surface area contributed by atoms with Crippen molar-refractivity contribution in [3.05, 3.63) is 28.8 Å². The van der Waals surface area contributed by atoms with Gasteiger partial charge in [0.2, 0.25) is 0 Å². The molecule has 0 saturated carbocycles. The molecule has 1 aromatic carbocycles. The molecule has 0 heterocycles. The fraction of sp³-hybridized carbons (Fsp3) is 0.625. The molecule has 0 aliphatic carbocycles. The topological polar surface area (TPSA) is 24.5 Å². The molecule has 0 radical (unpaired) electrons. The minimum atomic E-state index is 0.438. The normalized spacial score (nSPS) is 12.8. The zero-order chi connectivity index (χ0) is 15.1. The summed E-state index contributed by atoms with van der Waals surface area (Å²) in [7, 11) is 3.83. The number of methoxy groups -OCH3 is 1. The van der Waals surface area contributed by atoms with E-state index in [1.807, 2.05) is 12.1 Å². The van der Waals surface area contributed by atoms with Gasteiger partial charge in [-0.1, -0.05) is 37.6 Å². The number of halogens is 1. The summed E-state index contributed by atoms with van der Waals surface area (Å²) < 4.78 is 5.05. The van der Waals surface area contributed by atoms with Gasteiger partial charge >= 0.3 is 0 Å².